The number of ether oxygens (including phenoxy) is 1. The molecule has 4 rings (SSSR count). The Labute approximate surface area is 187 Å². The van der Waals surface area contributed by atoms with Crippen molar-refractivity contribution in [1.82, 2.24) is 4.90 Å². The number of rotatable bonds is 5. The summed E-state index contributed by atoms with van der Waals surface area (Å²) in [5.74, 6) is -0.642. The molecule has 2 aromatic rings. The minimum atomic E-state index is -0.577. The summed E-state index contributed by atoms with van der Waals surface area (Å²) in [5, 5.41) is 5.70. The van der Waals surface area contributed by atoms with Crippen LogP contribution in [0.3, 0.4) is 0 Å². The van der Waals surface area contributed by atoms with E-state index < -0.39 is 17.3 Å². The number of halogens is 2. The van der Waals surface area contributed by atoms with Crippen LogP contribution in [-0.2, 0) is 9.53 Å². The van der Waals surface area contributed by atoms with Crippen LogP contribution in [0, 0.1) is 5.82 Å². The van der Waals surface area contributed by atoms with Crippen molar-refractivity contribution >= 4 is 52.4 Å². The number of nitrogens with zero attached hydrogens (tertiary/aromatic N) is 2. The fourth-order valence-corrected chi connectivity index (χ4v) is 4.58. The minimum Gasteiger partial charge on any atom is -0.370 e. The summed E-state index contributed by atoms with van der Waals surface area (Å²) in [6.45, 7) is 2.06. The highest BCUT2D eigenvalue weighted by molar-refractivity contribution is 8.00. The fraction of sp³-hybridized carbons (Fsp3) is 0.300. The molecule has 1 unspecified atom stereocenters. The number of urea groups is 1. The molecule has 2 aliphatic rings. The molecule has 0 bridgehead atoms. The van der Waals surface area contributed by atoms with E-state index in [1.54, 1.807) is 35.2 Å². The fourth-order valence-electron chi connectivity index (χ4n) is 3.37. The van der Waals surface area contributed by atoms with Crippen LogP contribution in [-0.4, -0.2) is 55.2 Å². The van der Waals surface area contributed by atoms with Crippen LogP contribution in [0.1, 0.15) is 0 Å². The maximum atomic E-state index is 14.7. The third kappa shape index (κ3) is 5.04. The molecule has 8 nitrogen and oxygen atoms in total. The van der Waals surface area contributed by atoms with Crippen LogP contribution in [0.5, 0.6) is 0 Å². The van der Waals surface area contributed by atoms with Gasteiger partial charge in [0.2, 0.25) is 5.91 Å². The van der Waals surface area contributed by atoms with E-state index >= 15 is 0 Å². The number of hydrogen-bond acceptors (Lipinski definition) is 6. The van der Waals surface area contributed by atoms with Crippen molar-refractivity contribution in [3.8, 4) is 0 Å². The largest absolute Gasteiger partial charge is 0.370 e. The molecule has 31 heavy (non-hydrogen) atoms. The van der Waals surface area contributed by atoms with Crippen LogP contribution in [0.2, 0.25) is 5.02 Å². The molecule has 4 N–H and O–H groups in total. The molecule has 0 radical (unpaired) electrons. The molecule has 2 aliphatic heterocycles. The number of amides is 3. The number of nitrogens with one attached hydrogen (secondary N) is 2. The molecule has 2 heterocycles. The molecule has 1 fully saturated rings. The number of nitrogens with two attached hydrogens (primary N) is 1. The molecular weight excluding hydrogens is 445 g/mol. The first-order valence-corrected chi connectivity index (χ1v) is 10.9. The van der Waals surface area contributed by atoms with Gasteiger partial charge in [0.1, 0.15) is 17.9 Å². The second kappa shape index (κ2) is 9.31. The molecule has 11 heteroatoms. The molecule has 0 spiro atoms. The van der Waals surface area contributed by atoms with Crippen LogP contribution in [0.25, 0.3) is 0 Å². The first kappa shape index (κ1) is 21.7. The van der Waals surface area contributed by atoms with Crippen molar-refractivity contribution in [2.45, 2.75) is 10.4 Å². The topological polar surface area (TPSA) is 99.9 Å². The lowest BCUT2D eigenvalue weighted by atomic mass is 10.2. The summed E-state index contributed by atoms with van der Waals surface area (Å²) in [6, 6.07) is 8.93. The number of fused-ring (bicyclic) bond motifs is 1. The van der Waals surface area contributed by atoms with Crippen LogP contribution in [0.15, 0.2) is 41.3 Å². The van der Waals surface area contributed by atoms with Crippen molar-refractivity contribution in [1.29, 1.82) is 0 Å². The molecular formula is C20H21ClFN5O3S. The summed E-state index contributed by atoms with van der Waals surface area (Å²) >= 11 is 7.20. The lowest BCUT2D eigenvalue weighted by Gasteiger charge is -2.30. The summed E-state index contributed by atoms with van der Waals surface area (Å²) in [5.41, 5.74) is 7.03. The lowest BCUT2D eigenvalue weighted by Crippen LogP contribution is -2.47. The second-order valence-corrected chi connectivity index (χ2v) is 8.62. The van der Waals surface area contributed by atoms with E-state index in [2.05, 4.69) is 10.6 Å². The highest BCUT2D eigenvalue weighted by atomic mass is 35.5. The average Bonchev–Trinajstić information content (AvgIpc) is 3.03. The van der Waals surface area contributed by atoms with Crippen molar-refractivity contribution in [3.05, 3.63) is 47.2 Å². The van der Waals surface area contributed by atoms with Crippen LogP contribution < -0.4 is 21.3 Å². The van der Waals surface area contributed by atoms with Gasteiger partial charge in [-0.25, -0.2) is 9.18 Å². The third-order valence-electron chi connectivity index (χ3n) is 4.96. The van der Waals surface area contributed by atoms with E-state index in [9.17, 15) is 14.0 Å². The van der Waals surface area contributed by atoms with Gasteiger partial charge in [0.05, 0.1) is 18.0 Å². The van der Waals surface area contributed by atoms with E-state index in [1.807, 2.05) is 4.90 Å². The molecule has 1 saturated heterocycles. The highest BCUT2D eigenvalue weighted by Gasteiger charge is 2.30. The van der Waals surface area contributed by atoms with Gasteiger partial charge >= 0.3 is 6.03 Å². The van der Waals surface area contributed by atoms with Gasteiger partial charge in [-0.15, -0.1) is 0 Å². The predicted molar refractivity (Wildman–Crippen MR) is 119 cm³/mol. The van der Waals surface area contributed by atoms with Gasteiger partial charge in [-0.2, -0.15) is 0 Å². The molecule has 0 saturated carbocycles. The van der Waals surface area contributed by atoms with Gasteiger partial charge in [0, 0.05) is 41.3 Å². The standard InChI is InChI=1S/C20H21ClFN5O3S/c21-12-1-3-13(4-2-12)24-20(29)25-15-10-17-16(9-14(15)22)27(19(23)31-17)6-5-26-7-8-30-11-18(26)28/h1-4,9-10,19H,5-8,11,23H2,(H2,24,25,29). The number of thioether (sulfide) groups is 1. The number of hydrogen-bond donors (Lipinski definition) is 3. The minimum absolute atomic E-state index is 0.0510. The number of carbonyl (C=O) groups excluding carboxylic acids is 2. The summed E-state index contributed by atoms with van der Waals surface area (Å²) in [4.78, 5) is 28.5. The normalized spacial score (nSPS) is 18.2. The number of benzene rings is 2. The lowest BCUT2D eigenvalue weighted by molar-refractivity contribution is -0.142. The van der Waals surface area contributed by atoms with E-state index in [0.29, 0.717) is 42.6 Å². The molecule has 0 aliphatic carbocycles. The summed E-state index contributed by atoms with van der Waals surface area (Å²) in [7, 11) is 0. The Hall–Kier alpha value is -2.53. The van der Waals surface area contributed by atoms with Crippen molar-refractivity contribution in [2.75, 3.05) is 48.4 Å². The van der Waals surface area contributed by atoms with Crippen molar-refractivity contribution in [3.63, 3.8) is 0 Å². The Morgan fingerprint density at radius 2 is 2.03 bits per heavy atom. The van der Waals surface area contributed by atoms with Crippen LogP contribution >= 0.6 is 23.4 Å². The number of carbonyl (C=O) groups is 2. The third-order valence-corrected chi connectivity index (χ3v) is 6.29. The predicted octanol–water partition coefficient (Wildman–Crippen LogP) is 3.14. The zero-order valence-electron chi connectivity index (χ0n) is 16.4. The summed E-state index contributed by atoms with van der Waals surface area (Å²) < 4.78 is 19.9. The van der Waals surface area contributed by atoms with Crippen molar-refractivity contribution < 1.29 is 18.7 Å². The van der Waals surface area contributed by atoms with Gasteiger partial charge in [0.15, 0.2) is 0 Å². The monoisotopic (exact) mass is 465 g/mol. The first-order chi connectivity index (χ1) is 14.9. The maximum absolute atomic E-state index is 14.7. The Morgan fingerprint density at radius 3 is 2.77 bits per heavy atom. The molecule has 0 aromatic heterocycles. The van der Waals surface area contributed by atoms with Crippen molar-refractivity contribution in [2.24, 2.45) is 5.73 Å². The molecule has 1 atom stereocenters. The van der Waals surface area contributed by atoms with Crippen LogP contribution in [0.4, 0.5) is 26.2 Å². The van der Waals surface area contributed by atoms with Gasteiger partial charge in [-0.3, -0.25) is 4.79 Å². The molecule has 2 aromatic carbocycles. The van der Waals surface area contributed by atoms with E-state index in [4.69, 9.17) is 22.1 Å². The Kier molecular flexibility index (Phi) is 6.51. The second-order valence-electron chi connectivity index (χ2n) is 7.02. The average molecular weight is 466 g/mol. The smallest absolute Gasteiger partial charge is 0.323 e. The van der Waals surface area contributed by atoms with Gasteiger partial charge in [-0.05, 0) is 30.3 Å². The van der Waals surface area contributed by atoms with Gasteiger partial charge in [0.25, 0.3) is 0 Å². The van der Waals surface area contributed by atoms with Gasteiger partial charge < -0.3 is 30.9 Å². The SMILES string of the molecule is NC1Sc2cc(NC(=O)Nc3ccc(Cl)cc3)c(F)cc2N1CCN1CCOCC1=O. The Bertz CT molecular complexity index is 994. The summed E-state index contributed by atoms with van der Waals surface area (Å²) in [6.07, 6.45) is 0. The first-order valence-electron chi connectivity index (χ1n) is 9.62. The zero-order valence-corrected chi connectivity index (χ0v) is 18.0. The van der Waals surface area contributed by atoms with Gasteiger partial charge in [-0.1, -0.05) is 23.4 Å². The Morgan fingerprint density at radius 1 is 1.26 bits per heavy atom. The van der Waals surface area contributed by atoms with E-state index in [1.165, 1.54) is 17.8 Å². The zero-order chi connectivity index (χ0) is 22.0. The molecule has 3 amide bonds. The van der Waals surface area contributed by atoms with E-state index in [0.717, 1.165) is 4.90 Å². The quantitative estimate of drug-likeness (QED) is 0.627. The maximum Gasteiger partial charge on any atom is 0.323 e. The number of morpholine rings is 1. The van der Waals surface area contributed by atoms with E-state index in [-0.39, 0.29) is 18.2 Å². The number of anilines is 3. The molecule has 164 valence electrons. The highest BCUT2D eigenvalue weighted by Crippen LogP contribution is 2.43. The Balaban J connectivity index is 1.42.